The van der Waals surface area contributed by atoms with Crippen LogP contribution in [0.2, 0.25) is 0 Å². The molecule has 5 heteroatoms. The maximum Gasteiger partial charge on any atom is 0.222 e. The van der Waals surface area contributed by atoms with Crippen molar-refractivity contribution in [2.24, 2.45) is 5.92 Å². The maximum atomic E-state index is 9.54. The third-order valence-corrected chi connectivity index (χ3v) is 4.34. The van der Waals surface area contributed by atoms with Crippen molar-refractivity contribution in [3.05, 3.63) is 60.7 Å². The molecule has 26 heavy (non-hydrogen) atoms. The second-order valence-corrected chi connectivity index (χ2v) is 6.62. The van der Waals surface area contributed by atoms with Gasteiger partial charge in [-0.15, -0.1) is 0 Å². The number of rotatable bonds is 6. The van der Waals surface area contributed by atoms with Gasteiger partial charge in [-0.2, -0.15) is 4.98 Å². The highest BCUT2D eigenvalue weighted by Gasteiger charge is 2.14. The number of aromatic nitrogens is 2. The minimum absolute atomic E-state index is 0.0282. The lowest BCUT2D eigenvalue weighted by Gasteiger charge is -2.20. The number of aliphatic hydroxyl groups is 1. The summed E-state index contributed by atoms with van der Waals surface area (Å²) in [4.78, 5) is 8.64. The average molecular weight is 348 g/mol. The molecule has 1 unspecified atom stereocenters. The first-order chi connectivity index (χ1) is 12.6. The second kappa shape index (κ2) is 7.97. The first kappa shape index (κ1) is 17.9. The summed E-state index contributed by atoms with van der Waals surface area (Å²) < 4.78 is 0. The lowest BCUT2D eigenvalue weighted by atomic mass is 10.0. The molecule has 0 aliphatic rings. The molecule has 2 aromatic carbocycles. The van der Waals surface area contributed by atoms with Gasteiger partial charge in [-0.25, -0.2) is 4.98 Å². The van der Waals surface area contributed by atoms with E-state index >= 15 is 0 Å². The Kier molecular flexibility index (Phi) is 5.49. The predicted octanol–water partition coefficient (Wildman–Crippen LogP) is 3.82. The zero-order valence-electron chi connectivity index (χ0n) is 15.1. The van der Waals surface area contributed by atoms with Crippen LogP contribution < -0.4 is 11.1 Å². The number of anilines is 2. The predicted molar refractivity (Wildman–Crippen MR) is 107 cm³/mol. The fraction of sp³-hybridized carbons (Fsp3) is 0.238. The van der Waals surface area contributed by atoms with E-state index < -0.39 is 0 Å². The molecule has 0 fully saturated rings. The van der Waals surface area contributed by atoms with E-state index in [1.165, 1.54) is 0 Å². The molecule has 0 aliphatic heterocycles. The van der Waals surface area contributed by atoms with Gasteiger partial charge in [0.25, 0.3) is 0 Å². The first-order valence-electron chi connectivity index (χ1n) is 8.74. The third-order valence-electron chi connectivity index (χ3n) is 4.34. The van der Waals surface area contributed by atoms with Crippen molar-refractivity contribution in [3.63, 3.8) is 0 Å². The van der Waals surface area contributed by atoms with Gasteiger partial charge in [-0.3, -0.25) is 0 Å². The Labute approximate surface area is 153 Å². The summed E-state index contributed by atoms with van der Waals surface area (Å²) in [7, 11) is 0. The van der Waals surface area contributed by atoms with Crippen molar-refractivity contribution >= 4 is 11.8 Å². The van der Waals surface area contributed by atoms with Crippen molar-refractivity contribution in [1.29, 1.82) is 0 Å². The molecule has 4 N–H and O–H groups in total. The molecule has 0 bridgehead atoms. The molecule has 0 aliphatic carbocycles. The Bertz CT molecular complexity index is 865. The summed E-state index contributed by atoms with van der Waals surface area (Å²) in [5.74, 6) is 1.09. The fourth-order valence-electron chi connectivity index (χ4n) is 2.79. The van der Waals surface area contributed by atoms with Crippen molar-refractivity contribution in [2.75, 3.05) is 17.7 Å². The average Bonchev–Trinajstić information content (AvgIpc) is 2.66. The summed E-state index contributed by atoms with van der Waals surface area (Å²) in [5.41, 5.74) is 9.89. The summed E-state index contributed by atoms with van der Waals surface area (Å²) in [6.07, 6.45) is 0. The Morgan fingerprint density at radius 2 is 1.62 bits per heavy atom. The number of hydrogen-bond acceptors (Lipinski definition) is 5. The van der Waals surface area contributed by atoms with Crippen LogP contribution in [-0.4, -0.2) is 27.7 Å². The highest BCUT2D eigenvalue weighted by Crippen LogP contribution is 2.27. The van der Waals surface area contributed by atoms with Crippen LogP contribution >= 0.6 is 0 Å². The van der Waals surface area contributed by atoms with E-state index in [2.05, 4.69) is 39.6 Å². The molecular weight excluding hydrogens is 324 g/mol. The monoisotopic (exact) mass is 348 g/mol. The Morgan fingerprint density at radius 3 is 2.31 bits per heavy atom. The van der Waals surface area contributed by atoms with E-state index in [9.17, 15) is 5.11 Å². The number of nitrogens with two attached hydrogens (primary N) is 1. The zero-order chi connectivity index (χ0) is 18.5. The van der Waals surface area contributed by atoms with Gasteiger partial charge < -0.3 is 16.2 Å². The number of benzene rings is 2. The molecule has 1 atom stereocenters. The summed E-state index contributed by atoms with van der Waals surface area (Å²) >= 11 is 0. The lowest BCUT2D eigenvalue weighted by molar-refractivity contribution is 0.249. The van der Waals surface area contributed by atoms with Crippen molar-refractivity contribution in [1.82, 2.24) is 9.97 Å². The molecule has 0 spiro atoms. The largest absolute Gasteiger partial charge is 0.394 e. The Hall–Kier alpha value is -2.92. The highest BCUT2D eigenvalue weighted by atomic mass is 16.3. The molecule has 1 aromatic heterocycles. The Morgan fingerprint density at radius 1 is 0.923 bits per heavy atom. The quantitative estimate of drug-likeness (QED) is 0.631. The standard InChI is InChI=1S/C21H24N4O/c1-14(2)19(13-26)23-20-12-18(24-21(22)25-20)17-10-6-9-16(11-17)15-7-4-3-5-8-15/h3-12,14,19,26H,13H2,1-2H3,(H3,22,23,24,25). The van der Waals surface area contributed by atoms with Crippen LogP contribution in [0.3, 0.4) is 0 Å². The molecule has 3 rings (SSSR count). The van der Waals surface area contributed by atoms with Gasteiger partial charge in [0, 0.05) is 11.6 Å². The second-order valence-electron chi connectivity index (χ2n) is 6.62. The number of aliphatic hydroxyl groups excluding tert-OH is 1. The van der Waals surface area contributed by atoms with Crippen LogP contribution in [0, 0.1) is 5.92 Å². The van der Waals surface area contributed by atoms with Crippen molar-refractivity contribution < 1.29 is 5.11 Å². The minimum atomic E-state index is -0.0900. The fourth-order valence-corrected chi connectivity index (χ4v) is 2.79. The van der Waals surface area contributed by atoms with Crippen LogP contribution in [0.1, 0.15) is 13.8 Å². The van der Waals surface area contributed by atoms with Crippen LogP contribution in [-0.2, 0) is 0 Å². The number of hydrogen-bond donors (Lipinski definition) is 3. The molecule has 0 radical (unpaired) electrons. The molecule has 0 saturated heterocycles. The topological polar surface area (TPSA) is 84.1 Å². The zero-order valence-corrected chi connectivity index (χ0v) is 15.1. The number of nitrogen functional groups attached to an aromatic ring is 1. The van der Waals surface area contributed by atoms with E-state index in [1.54, 1.807) is 0 Å². The van der Waals surface area contributed by atoms with E-state index in [0.29, 0.717) is 5.82 Å². The first-order valence-corrected chi connectivity index (χ1v) is 8.74. The summed E-state index contributed by atoms with van der Waals surface area (Å²) in [5, 5.41) is 12.8. The smallest absolute Gasteiger partial charge is 0.222 e. The van der Waals surface area contributed by atoms with Gasteiger partial charge in [-0.1, -0.05) is 62.4 Å². The van der Waals surface area contributed by atoms with Crippen LogP contribution in [0.15, 0.2) is 60.7 Å². The molecule has 0 saturated carbocycles. The highest BCUT2D eigenvalue weighted by molar-refractivity contribution is 5.72. The van der Waals surface area contributed by atoms with E-state index in [1.807, 2.05) is 50.2 Å². The third kappa shape index (κ3) is 4.18. The van der Waals surface area contributed by atoms with Gasteiger partial charge >= 0.3 is 0 Å². The van der Waals surface area contributed by atoms with E-state index in [4.69, 9.17) is 5.73 Å². The van der Waals surface area contributed by atoms with Gasteiger partial charge in [0.05, 0.1) is 18.3 Å². The van der Waals surface area contributed by atoms with Crippen LogP contribution in [0.5, 0.6) is 0 Å². The van der Waals surface area contributed by atoms with Gasteiger partial charge in [0.2, 0.25) is 5.95 Å². The van der Waals surface area contributed by atoms with E-state index in [-0.39, 0.29) is 24.5 Å². The van der Waals surface area contributed by atoms with Gasteiger partial charge in [-0.05, 0) is 23.1 Å². The maximum absolute atomic E-state index is 9.54. The Balaban J connectivity index is 1.94. The van der Waals surface area contributed by atoms with Gasteiger partial charge in [0.1, 0.15) is 5.82 Å². The normalized spacial score (nSPS) is 12.2. The lowest BCUT2D eigenvalue weighted by Crippen LogP contribution is -2.30. The summed E-state index contributed by atoms with van der Waals surface area (Å²) in [6.45, 7) is 4.12. The summed E-state index contributed by atoms with van der Waals surface area (Å²) in [6, 6.07) is 20.2. The molecule has 1 heterocycles. The minimum Gasteiger partial charge on any atom is -0.394 e. The molecule has 5 nitrogen and oxygen atoms in total. The SMILES string of the molecule is CC(C)C(CO)Nc1cc(-c2cccc(-c3ccccc3)c2)nc(N)n1. The van der Waals surface area contributed by atoms with Crippen molar-refractivity contribution in [3.8, 4) is 22.4 Å². The van der Waals surface area contributed by atoms with Crippen LogP contribution in [0.4, 0.5) is 11.8 Å². The number of nitrogens with zero attached hydrogens (tertiary/aromatic N) is 2. The molecular formula is C21H24N4O. The van der Waals surface area contributed by atoms with E-state index in [0.717, 1.165) is 22.4 Å². The molecule has 0 amide bonds. The van der Waals surface area contributed by atoms with Crippen molar-refractivity contribution in [2.45, 2.75) is 19.9 Å². The van der Waals surface area contributed by atoms with Crippen LogP contribution in [0.25, 0.3) is 22.4 Å². The van der Waals surface area contributed by atoms with Gasteiger partial charge in [0.15, 0.2) is 0 Å². The molecule has 3 aromatic rings. The number of nitrogens with one attached hydrogen (secondary N) is 1. The molecule has 134 valence electrons.